The molecule has 148 valence electrons. The first-order chi connectivity index (χ1) is 12.8. The Morgan fingerprint density at radius 1 is 1.00 bits per heavy atom. The molecule has 0 N–H and O–H groups in total. The number of benzene rings is 1. The van der Waals surface area contributed by atoms with Crippen molar-refractivity contribution in [2.24, 2.45) is 0 Å². The quantitative estimate of drug-likeness (QED) is 0.790. The Balaban J connectivity index is 2.08. The van der Waals surface area contributed by atoms with Crippen molar-refractivity contribution in [1.82, 2.24) is 30.0 Å². The number of aromatic nitrogens is 4. The van der Waals surface area contributed by atoms with Crippen molar-refractivity contribution in [3.8, 4) is 11.5 Å². The zero-order chi connectivity index (χ0) is 19.6. The van der Waals surface area contributed by atoms with Gasteiger partial charge in [-0.1, -0.05) is 6.07 Å². The number of tetrazole rings is 1. The number of rotatable bonds is 5. The van der Waals surface area contributed by atoms with Gasteiger partial charge < -0.3 is 14.4 Å². The first kappa shape index (κ1) is 19.6. The monoisotopic (exact) mass is 374 g/mol. The topological polar surface area (TPSA) is 68.5 Å². The van der Waals surface area contributed by atoms with Gasteiger partial charge in [-0.2, -0.15) is 0 Å². The molecule has 0 amide bonds. The van der Waals surface area contributed by atoms with Crippen molar-refractivity contribution in [3.63, 3.8) is 0 Å². The molecule has 1 atom stereocenters. The van der Waals surface area contributed by atoms with E-state index in [9.17, 15) is 0 Å². The minimum absolute atomic E-state index is 0.0484. The molecule has 0 saturated carbocycles. The summed E-state index contributed by atoms with van der Waals surface area (Å²) in [6.07, 6.45) is 0. The predicted octanol–water partition coefficient (Wildman–Crippen LogP) is 1.78. The maximum absolute atomic E-state index is 5.54. The Kier molecular flexibility index (Phi) is 5.67. The smallest absolute Gasteiger partial charge is 0.173 e. The normalized spacial score (nSPS) is 17.7. The summed E-state index contributed by atoms with van der Waals surface area (Å²) < 4.78 is 12.9. The van der Waals surface area contributed by atoms with Crippen LogP contribution in [-0.2, 0) is 5.54 Å². The lowest BCUT2D eigenvalue weighted by Gasteiger charge is -2.38. The number of likely N-dealkylation sites (N-methyl/N-ethyl adjacent to an activating group) is 1. The Labute approximate surface area is 161 Å². The summed E-state index contributed by atoms with van der Waals surface area (Å²) in [4.78, 5) is 4.78. The first-order valence-electron chi connectivity index (χ1n) is 9.28. The van der Waals surface area contributed by atoms with Gasteiger partial charge in [0.05, 0.1) is 25.8 Å². The van der Waals surface area contributed by atoms with Crippen molar-refractivity contribution in [2.75, 3.05) is 47.4 Å². The highest BCUT2D eigenvalue weighted by Gasteiger charge is 2.33. The molecular formula is C19H30N6O2. The van der Waals surface area contributed by atoms with Gasteiger partial charge in [0.1, 0.15) is 0 Å². The third-order valence-corrected chi connectivity index (χ3v) is 5.00. The van der Waals surface area contributed by atoms with Crippen LogP contribution in [-0.4, -0.2) is 77.5 Å². The molecule has 0 aliphatic carbocycles. The maximum Gasteiger partial charge on any atom is 0.173 e. The van der Waals surface area contributed by atoms with Crippen molar-refractivity contribution in [2.45, 2.75) is 32.4 Å². The number of nitrogens with zero attached hydrogens (tertiary/aromatic N) is 6. The zero-order valence-corrected chi connectivity index (χ0v) is 17.1. The van der Waals surface area contributed by atoms with Crippen LogP contribution in [0.3, 0.4) is 0 Å². The highest BCUT2D eigenvalue weighted by Crippen LogP contribution is 2.35. The number of hydrogen-bond donors (Lipinski definition) is 0. The van der Waals surface area contributed by atoms with E-state index in [4.69, 9.17) is 9.47 Å². The van der Waals surface area contributed by atoms with E-state index < -0.39 is 0 Å². The van der Waals surface area contributed by atoms with Crippen LogP contribution >= 0.6 is 0 Å². The van der Waals surface area contributed by atoms with E-state index in [2.05, 4.69) is 59.2 Å². The van der Waals surface area contributed by atoms with E-state index in [0.29, 0.717) is 11.5 Å². The molecule has 27 heavy (non-hydrogen) atoms. The van der Waals surface area contributed by atoms with Crippen LogP contribution < -0.4 is 9.47 Å². The first-order valence-corrected chi connectivity index (χ1v) is 9.28. The molecule has 2 aromatic rings. The van der Waals surface area contributed by atoms with E-state index in [0.717, 1.165) is 37.6 Å². The largest absolute Gasteiger partial charge is 0.493 e. The van der Waals surface area contributed by atoms with E-state index >= 15 is 0 Å². The van der Waals surface area contributed by atoms with Crippen molar-refractivity contribution < 1.29 is 9.47 Å². The lowest BCUT2D eigenvalue weighted by atomic mass is 10.0. The average molecular weight is 374 g/mol. The molecule has 1 saturated heterocycles. The standard InChI is InChI=1S/C19H30N6O2/c1-19(2,3)25-18(20-21-22-25)17(24-11-9-23(4)10-12-24)14-7-8-15(26-5)16(13-14)27-6/h7-8,13,17H,9-12H2,1-6H3/t17-/m1/s1. The van der Waals surface area contributed by atoms with Crippen LogP contribution in [0.25, 0.3) is 0 Å². The minimum atomic E-state index is -0.208. The average Bonchev–Trinajstić information content (AvgIpc) is 3.13. The SMILES string of the molecule is COc1ccc([C@H](c2nnnn2C(C)(C)C)N2CCN(C)CC2)cc1OC. The summed E-state index contributed by atoms with van der Waals surface area (Å²) in [6, 6.07) is 6.01. The summed E-state index contributed by atoms with van der Waals surface area (Å²) in [7, 11) is 5.46. The molecule has 3 rings (SSSR count). The molecule has 1 fully saturated rings. The summed E-state index contributed by atoms with van der Waals surface area (Å²) in [5.74, 6) is 2.27. The van der Waals surface area contributed by atoms with Gasteiger partial charge in [-0.15, -0.1) is 5.10 Å². The van der Waals surface area contributed by atoms with Gasteiger partial charge in [0.2, 0.25) is 0 Å². The molecule has 2 heterocycles. The third-order valence-electron chi connectivity index (χ3n) is 5.00. The van der Waals surface area contributed by atoms with Crippen LogP contribution in [0.1, 0.15) is 38.2 Å². The Hall–Kier alpha value is -2.19. The second kappa shape index (κ2) is 7.82. The van der Waals surface area contributed by atoms with E-state index in [1.54, 1.807) is 14.2 Å². The molecule has 1 aliphatic heterocycles. The molecule has 0 bridgehead atoms. The molecule has 0 radical (unpaired) electrons. The number of ether oxygens (including phenoxy) is 2. The van der Waals surface area contributed by atoms with Gasteiger partial charge in [0.15, 0.2) is 17.3 Å². The summed E-state index contributed by atoms with van der Waals surface area (Å²) in [5.41, 5.74) is 0.887. The summed E-state index contributed by atoms with van der Waals surface area (Å²) >= 11 is 0. The fourth-order valence-electron chi connectivity index (χ4n) is 3.47. The minimum Gasteiger partial charge on any atom is -0.493 e. The molecule has 0 spiro atoms. The summed E-state index contributed by atoms with van der Waals surface area (Å²) in [5, 5.41) is 12.7. The van der Waals surface area contributed by atoms with Crippen LogP contribution in [0, 0.1) is 0 Å². The third kappa shape index (κ3) is 4.06. The highest BCUT2D eigenvalue weighted by molar-refractivity contribution is 5.45. The number of methoxy groups -OCH3 is 2. The van der Waals surface area contributed by atoms with E-state index in [1.807, 2.05) is 16.8 Å². The van der Waals surface area contributed by atoms with Crippen LogP contribution in [0.5, 0.6) is 11.5 Å². The molecule has 8 nitrogen and oxygen atoms in total. The van der Waals surface area contributed by atoms with Gasteiger partial charge in [0, 0.05) is 26.2 Å². The van der Waals surface area contributed by atoms with Gasteiger partial charge >= 0.3 is 0 Å². The van der Waals surface area contributed by atoms with Gasteiger partial charge in [-0.3, -0.25) is 4.90 Å². The lowest BCUT2D eigenvalue weighted by Crippen LogP contribution is -2.47. The van der Waals surface area contributed by atoms with Crippen LogP contribution in [0.2, 0.25) is 0 Å². The molecule has 0 unspecified atom stereocenters. The highest BCUT2D eigenvalue weighted by atomic mass is 16.5. The second-order valence-corrected chi connectivity index (χ2v) is 7.98. The Bertz CT molecular complexity index is 762. The second-order valence-electron chi connectivity index (χ2n) is 7.98. The van der Waals surface area contributed by atoms with E-state index in [-0.39, 0.29) is 11.6 Å². The molecule has 1 aliphatic rings. The fraction of sp³-hybridized carbons (Fsp3) is 0.632. The van der Waals surface area contributed by atoms with Crippen LogP contribution in [0.4, 0.5) is 0 Å². The molecule has 1 aromatic heterocycles. The Morgan fingerprint density at radius 3 is 2.26 bits per heavy atom. The number of piperazine rings is 1. The summed E-state index contributed by atoms with van der Waals surface area (Å²) in [6.45, 7) is 10.3. The van der Waals surface area contributed by atoms with Crippen LogP contribution in [0.15, 0.2) is 18.2 Å². The molecule has 8 heteroatoms. The fourth-order valence-corrected chi connectivity index (χ4v) is 3.47. The predicted molar refractivity (Wildman–Crippen MR) is 103 cm³/mol. The van der Waals surface area contributed by atoms with Gasteiger partial charge in [0.25, 0.3) is 0 Å². The van der Waals surface area contributed by atoms with Gasteiger partial charge in [-0.05, 0) is 55.9 Å². The van der Waals surface area contributed by atoms with E-state index in [1.165, 1.54) is 0 Å². The van der Waals surface area contributed by atoms with Gasteiger partial charge in [-0.25, -0.2) is 4.68 Å². The van der Waals surface area contributed by atoms with Crippen molar-refractivity contribution >= 4 is 0 Å². The van der Waals surface area contributed by atoms with Crippen molar-refractivity contribution in [3.05, 3.63) is 29.6 Å². The van der Waals surface area contributed by atoms with Crippen molar-refractivity contribution in [1.29, 1.82) is 0 Å². The zero-order valence-electron chi connectivity index (χ0n) is 17.1. The maximum atomic E-state index is 5.54. The Morgan fingerprint density at radius 2 is 1.67 bits per heavy atom. The molecule has 1 aromatic carbocycles. The molecular weight excluding hydrogens is 344 g/mol. The lowest BCUT2D eigenvalue weighted by molar-refractivity contribution is 0.118. The number of hydrogen-bond acceptors (Lipinski definition) is 7.